The molecule has 2 unspecified atom stereocenters. The number of hydrogen-bond donors (Lipinski definition) is 7. The zero-order valence-electron chi connectivity index (χ0n) is 73.2. The van der Waals surface area contributed by atoms with E-state index in [1.165, 1.54) is 6.92 Å². The largest absolute Gasteiger partial charge is 0.461 e. The van der Waals surface area contributed by atoms with Crippen molar-refractivity contribution in [2.45, 2.75) is 84.5 Å². The number of nitrogens with two attached hydrogens (primary N) is 1. The highest BCUT2D eigenvalue weighted by Crippen LogP contribution is 2.19. The van der Waals surface area contributed by atoms with E-state index >= 15 is 0 Å². The monoisotopic (exact) mass is 1770 g/mol. The van der Waals surface area contributed by atoms with Gasteiger partial charge in [-0.3, -0.25) is 43.3 Å². The van der Waals surface area contributed by atoms with Crippen LogP contribution in [0.2, 0.25) is 0 Å². The lowest BCUT2D eigenvalue weighted by molar-refractivity contribution is -0.143. The van der Waals surface area contributed by atoms with Crippen LogP contribution in [0.25, 0.3) is 0 Å². The van der Waals surface area contributed by atoms with Crippen molar-refractivity contribution in [1.82, 2.24) is 31.5 Å². The Morgan fingerprint density at radius 3 is 1.00 bits per heavy atom. The molecule has 1 aromatic rings. The van der Waals surface area contributed by atoms with Crippen LogP contribution in [-0.4, -0.2) is 414 Å². The lowest BCUT2D eigenvalue weighted by Crippen LogP contribution is -2.58. The molecule has 9 amide bonds. The molecule has 0 aliphatic carbocycles. The third kappa shape index (κ3) is 69.3. The fraction of sp³-hybridized carbons (Fsp3) is 0.815. The summed E-state index contributed by atoms with van der Waals surface area (Å²) in [6.45, 7) is 26.1. The Hall–Kier alpha value is -6.51. The molecule has 4 atom stereocenters. The summed E-state index contributed by atoms with van der Waals surface area (Å²) in [4.78, 5) is 116. The van der Waals surface area contributed by atoms with Gasteiger partial charge in [0.2, 0.25) is 41.4 Å². The van der Waals surface area contributed by atoms with Gasteiger partial charge in [-0.1, -0.05) is 32.9 Å². The summed E-state index contributed by atoms with van der Waals surface area (Å²) >= 11 is 0. The molecule has 8 N–H and O–H groups in total. The van der Waals surface area contributed by atoms with E-state index < -0.39 is 89.9 Å². The van der Waals surface area contributed by atoms with Gasteiger partial charge in [-0.25, -0.2) is 4.79 Å². The lowest BCUT2D eigenvalue weighted by atomic mass is 10.0. The number of benzene rings is 1. The van der Waals surface area contributed by atoms with Gasteiger partial charge >= 0.3 is 12.0 Å². The second kappa shape index (κ2) is 82.5. The molecule has 0 spiro atoms. The number of rotatable bonds is 91. The van der Waals surface area contributed by atoms with E-state index in [-0.39, 0.29) is 71.6 Å². The Balaban J connectivity index is 1.34. The molecule has 2 rings (SSSR count). The average Bonchev–Trinajstić information content (AvgIpc) is 1.78. The van der Waals surface area contributed by atoms with Crippen molar-refractivity contribution in [3.63, 3.8) is 0 Å². The van der Waals surface area contributed by atoms with Crippen LogP contribution in [0, 0.1) is 11.8 Å². The fourth-order valence-electron chi connectivity index (χ4n) is 10.3. The lowest BCUT2D eigenvalue weighted by Gasteiger charge is -2.27. The second-order valence-electron chi connectivity index (χ2n) is 27.2. The minimum absolute atomic E-state index is 0.0224. The number of methoxy groups -OCH3 is 1. The van der Waals surface area contributed by atoms with Gasteiger partial charge in [0.15, 0.2) is 0 Å². The van der Waals surface area contributed by atoms with E-state index in [1.54, 1.807) is 52.1 Å². The minimum atomic E-state index is -1.37. The van der Waals surface area contributed by atoms with Gasteiger partial charge in [0.1, 0.15) is 31.3 Å². The third-order valence-electron chi connectivity index (χ3n) is 16.8. The van der Waals surface area contributed by atoms with E-state index in [9.17, 15) is 43.2 Å². The second-order valence-corrected chi connectivity index (χ2v) is 27.2. The number of urea groups is 1. The van der Waals surface area contributed by atoms with Crippen molar-refractivity contribution in [1.29, 1.82) is 0 Å². The minimum Gasteiger partial charge on any atom is -0.461 e. The number of carbonyl (C=O) groups is 9. The molecule has 712 valence electrons. The number of nitrogens with zero attached hydrogens (tertiary/aromatic N) is 1. The van der Waals surface area contributed by atoms with Crippen LogP contribution in [0.3, 0.4) is 0 Å². The summed E-state index contributed by atoms with van der Waals surface area (Å²) < 4.78 is 137. The van der Waals surface area contributed by atoms with Gasteiger partial charge in [-0.15, -0.1) is 0 Å². The summed E-state index contributed by atoms with van der Waals surface area (Å²) in [5.74, 6) is -6.21. The van der Waals surface area contributed by atoms with Crippen molar-refractivity contribution in [2.24, 2.45) is 17.6 Å². The molecule has 123 heavy (non-hydrogen) atoms. The molecular weight excluding hydrogens is 1630 g/mol. The predicted octanol–water partition coefficient (Wildman–Crippen LogP) is -0.433. The van der Waals surface area contributed by atoms with Crippen LogP contribution in [-0.2, 0) is 163 Å². The Bertz CT molecular complexity index is 2780. The standard InChI is InChI=1S/C81H144N8O34/c1-66(2)76(79(96)87-71(7-6-14-84-81(82)98)77(94)85-70-10-8-69(9-11-70)65-123-68(4)90)88-78(95)72(86-74(92)64-89-75(93)63-67(3)80(89)97)12-15-83-73(91)13-16-100-19-20-102-23-24-104-27-28-106-31-32-108-35-36-110-39-40-112-43-44-114-47-48-116-51-52-118-55-56-120-59-60-122-62-61-121-58-57-119-54-53-117-50-49-115-46-45-113-42-41-111-38-37-109-34-33-107-30-29-105-26-25-103-22-21-101-18-17-99-5/h8-11,66-67,71-72,76H,6-7,12-65H2,1-5H3,(H,83,91)(H,85,94)(H,86,92)(H,87,96)(H,88,95)(H3,82,84,98)/t67?,71?,72-,76-/m0/s1. The molecule has 1 aliphatic rings. The number of hydrogen-bond acceptors (Lipinski definition) is 34. The number of esters is 1. The highest BCUT2D eigenvalue weighted by atomic mass is 16.6. The Labute approximate surface area is 723 Å². The maximum atomic E-state index is 14.0. The van der Waals surface area contributed by atoms with Crippen LogP contribution < -0.4 is 37.6 Å². The number of anilines is 1. The first kappa shape index (κ1) is 113. The summed E-state index contributed by atoms with van der Waals surface area (Å²) in [5, 5.41) is 15.7. The van der Waals surface area contributed by atoms with Crippen molar-refractivity contribution in [3.8, 4) is 0 Å². The summed E-state index contributed by atoms with van der Waals surface area (Å²) in [7, 11) is 1.64. The van der Waals surface area contributed by atoms with Gasteiger partial charge in [0.05, 0.1) is 311 Å². The maximum absolute atomic E-state index is 14.0. The molecule has 1 aliphatic heterocycles. The number of carbonyl (C=O) groups excluding carboxylic acids is 9. The zero-order chi connectivity index (χ0) is 89.2. The molecule has 1 aromatic carbocycles. The van der Waals surface area contributed by atoms with E-state index in [1.807, 2.05) is 0 Å². The molecule has 1 fully saturated rings. The maximum Gasteiger partial charge on any atom is 0.312 e. The number of primary amides is 1. The summed E-state index contributed by atoms with van der Waals surface area (Å²) in [5.41, 5.74) is 6.24. The summed E-state index contributed by atoms with van der Waals surface area (Å²) in [6.07, 6.45) is -0.0474. The number of nitrogens with one attached hydrogen (secondary N) is 6. The van der Waals surface area contributed by atoms with Crippen LogP contribution in [0.5, 0.6) is 0 Å². The molecule has 0 saturated carbocycles. The zero-order valence-corrected chi connectivity index (χ0v) is 73.2. The number of amides is 9. The molecule has 1 heterocycles. The SMILES string of the molecule is COCCOCCOCCOCCOCCOCCOCCOCCOCCOCCOCCOCCOCCOCCOCCOCCOCCOCCOCCOCCOCCOCCOCCOCCC(=O)NCC[C@H](NC(=O)CN1C(=O)CC(C)C1=O)C(=O)N[C@H](C(=O)NC(CCCNC(N)=O)C(=O)Nc1ccc(COC(C)=O)cc1)C(C)C. The molecule has 1 saturated heterocycles. The number of likely N-dealkylation sites (tertiary alicyclic amines) is 1. The first-order valence-electron chi connectivity index (χ1n) is 42.4. The van der Waals surface area contributed by atoms with Gasteiger partial charge in [-0.05, 0) is 42.9 Å². The van der Waals surface area contributed by atoms with Crippen LogP contribution in [0.1, 0.15) is 65.4 Å². The van der Waals surface area contributed by atoms with Crippen molar-refractivity contribution in [3.05, 3.63) is 29.8 Å². The fourth-order valence-corrected chi connectivity index (χ4v) is 10.3. The van der Waals surface area contributed by atoms with Crippen LogP contribution >= 0.6 is 0 Å². The molecule has 42 nitrogen and oxygen atoms in total. The molecule has 0 radical (unpaired) electrons. The predicted molar refractivity (Wildman–Crippen MR) is 441 cm³/mol. The van der Waals surface area contributed by atoms with Crippen LogP contribution in [0.4, 0.5) is 10.5 Å². The summed E-state index contributed by atoms with van der Waals surface area (Å²) in [6, 6.07) is 1.85. The van der Waals surface area contributed by atoms with E-state index in [4.69, 9.17) is 124 Å². The highest BCUT2D eigenvalue weighted by molar-refractivity contribution is 6.06. The Kier molecular flexibility index (Phi) is 75.5. The third-order valence-corrected chi connectivity index (χ3v) is 16.8. The number of ether oxygens (including phenoxy) is 25. The van der Waals surface area contributed by atoms with Gasteiger partial charge in [0, 0.05) is 51.6 Å². The molecule has 0 bridgehead atoms. The van der Waals surface area contributed by atoms with Crippen LogP contribution in [0.15, 0.2) is 24.3 Å². The highest BCUT2D eigenvalue weighted by Gasteiger charge is 2.38. The Morgan fingerprint density at radius 2 is 0.707 bits per heavy atom. The normalized spacial score (nSPS) is 13.5. The van der Waals surface area contributed by atoms with Gasteiger partial charge in [-0.2, -0.15) is 0 Å². The first-order valence-corrected chi connectivity index (χ1v) is 42.4. The number of imide groups is 1. The molecular formula is C81H144N8O34. The smallest absolute Gasteiger partial charge is 0.312 e. The van der Waals surface area contributed by atoms with Crippen molar-refractivity contribution < 1.29 is 162 Å². The van der Waals surface area contributed by atoms with E-state index in [0.717, 1.165) is 4.90 Å². The first-order chi connectivity index (χ1) is 60.0. The topological polar surface area (TPSA) is 486 Å². The molecule has 42 heteroatoms. The van der Waals surface area contributed by atoms with Crippen molar-refractivity contribution >= 4 is 59.0 Å². The van der Waals surface area contributed by atoms with Crippen molar-refractivity contribution in [2.75, 3.05) is 343 Å². The van der Waals surface area contributed by atoms with E-state index in [0.29, 0.717) is 302 Å². The van der Waals surface area contributed by atoms with Gasteiger partial charge < -0.3 is 156 Å². The van der Waals surface area contributed by atoms with E-state index in [2.05, 4.69) is 31.9 Å². The quantitative estimate of drug-likeness (QED) is 0.0247. The average molecular weight is 1770 g/mol. The Morgan fingerprint density at radius 1 is 0.390 bits per heavy atom. The molecule has 0 aromatic heterocycles. The van der Waals surface area contributed by atoms with Gasteiger partial charge in [0.25, 0.3) is 0 Å².